The molecule has 3 rings (SSSR count). The van der Waals surface area contributed by atoms with E-state index in [-0.39, 0.29) is 0 Å². The molecule has 98 valence electrons. The number of carbonyl (C=O) groups is 1. The molecule has 2 fully saturated rings. The van der Waals surface area contributed by atoms with Crippen LogP contribution in [0.25, 0.3) is 0 Å². The van der Waals surface area contributed by atoms with Crippen LogP contribution in [0.5, 0.6) is 0 Å². The first kappa shape index (κ1) is 11.7. The summed E-state index contributed by atoms with van der Waals surface area (Å²) in [6.45, 7) is 2.87. The topological polar surface area (TPSA) is 50.2 Å². The molecular formula is C13H20N4O. The van der Waals surface area contributed by atoms with Crippen molar-refractivity contribution in [2.75, 3.05) is 13.1 Å². The van der Waals surface area contributed by atoms with Crippen LogP contribution < -0.4 is 5.32 Å². The maximum absolute atomic E-state index is 11.8. The molecule has 0 aromatic carbocycles. The molecule has 0 radical (unpaired) electrons. The van der Waals surface area contributed by atoms with E-state index >= 15 is 0 Å². The number of amides is 1. The van der Waals surface area contributed by atoms with Gasteiger partial charge in [0.05, 0.1) is 0 Å². The van der Waals surface area contributed by atoms with Gasteiger partial charge >= 0.3 is 0 Å². The lowest BCUT2D eigenvalue weighted by Gasteiger charge is -2.21. The number of hydrogen-bond donors (Lipinski definition) is 1. The predicted molar refractivity (Wildman–Crippen MR) is 68.0 cm³/mol. The number of nitrogens with one attached hydrogen (secondary N) is 1. The van der Waals surface area contributed by atoms with Crippen molar-refractivity contribution in [3.05, 3.63) is 18.5 Å². The van der Waals surface area contributed by atoms with Gasteiger partial charge in [-0.25, -0.2) is 0 Å². The van der Waals surface area contributed by atoms with Gasteiger partial charge < -0.3 is 10.2 Å². The van der Waals surface area contributed by atoms with E-state index in [2.05, 4.69) is 15.3 Å². The van der Waals surface area contributed by atoms with E-state index in [4.69, 9.17) is 0 Å². The summed E-state index contributed by atoms with van der Waals surface area (Å²) in [6, 6.07) is 2.78. The Kier molecular flexibility index (Phi) is 3.32. The third-order valence-corrected chi connectivity index (χ3v) is 4.01. The van der Waals surface area contributed by atoms with Crippen molar-refractivity contribution in [2.45, 2.75) is 44.3 Å². The van der Waals surface area contributed by atoms with Crippen molar-refractivity contribution < 1.29 is 4.79 Å². The minimum atomic E-state index is 0.335. The van der Waals surface area contributed by atoms with Gasteiger partial charge in [-0.15, -0.1) is 0 Å². The largest absolute Gasteiger partial charge is 0.338 e. The van der Waals surface area contributed by atoms with Gasteiger partial charge in [0.2, 0.25) is 5.91 Å². The molecule has 2 saturated heterocycles. The minimum Gasteiger partial charge on any atom is -0.338 e. The molecule has 2 aliphatic heterocycles. The van der Waals surface area contributed by atoms with Gasteiger partial charge in [0.25, 0.3) is 0 Å². The molecule has 2 atom stereocenters. The Morgan fingerprint density at radius 3 is 3.28 bits per heavy atom. The zero-order chi connectivity index (χ0) is 12.4. The summed E-state index contributed by atoms with van der Waals surface area (Å²) in [6.07, 6.45) is 7.87. The van der Waals surface area contributed by atoms with E-state index in [9.17, 15) is 4.79 Å². The predicted octanol–water partition coefficient (Wildman–Crippen LogP) is 0.626. The van der Waals surface area contributed by atoms with Crippen LogP contribution in [-0.4, -0.2) is 45.8 Å². The SMILES string of the molecule is O=C1CC(NCCCn2cccn2)C2CCCN12. The fraction of sp³-hybridized carbons (Fsp3) is 0.692. The summed E-state index contributed by atoms with van der Waals surface area (Å²) < 4.78 is 1.95. The lowest BCUT2D eigenvalue weighted by molar-refractivity contribution is -0.127. The van der Waals surface area contributed by atoms with Crippen LogP contribution in [0.3, 0.4) is 0 Å². The van der Waals surface area contributed by atoms with Crippen LogP contribution in [0.15, 0.2) is 18.5 Å². The highest BCUT2D eigenvalue weighted by atomic mass is 16.2. The number of aromatic nitrogens is 2. The third kappa shape index (κ3) is 2.27. The second kappa shape index (κ2) is 5.10. The number of carbonyl (C=O) groups excluding carboxylic acids is 1. The van der Waals surface area contributed by atoms with Crippen LogP contribution in [0, 0.1) is 0 Å². The first-order chi connectivity index (χ1) is 8.84. The molecule has 0 bridgehead atoms. The second-order valence-corrected chi connectivity index (χ2v) is 5.18. The van der Waals surface area contributed by atoms with Gasteiger partial charge in [0.1, 0.15) is 0 Å². The number of aryl methyl sites for hydroxylation is 1. The van der Waals surface area contributed by atoms with Crippen molar-refractivity contribution in [2.24, 2.45) is 0 Å². The number of hydrogen-bond acceptors (Lipinski definition) is 3. The van der Waals surface area contributed by atoms with Crippen LogP contribution in [0.2, 0.25) is 0 Å². The van der Waals surface area contributed by atoms with Crippen LogP contribution >= 0.6 is 0 Å². The zero-order valence-electron chi connectivity index (χ0n) is 10.6. The van der Waals surface area contributed by atoms with Crippen molar-refractivity contribution in [3.8, 4) is 0 Å². The Bertz CT molecular complexity index is 403. The van der Waals surface area contributed by atoms with Gasteiger partial charge in [0.15, 0.2) is 0 Å². The van der Waals surface area contributed by atoms with Crippen molar-refractivity contribution in [1.82, 2.24) is 20.0 Å². The van der Waals surface area contributed by atoms with E-state index in [1.54, 1.807) is 6.20 Å². The van der Waals surface area contributed by atoms with Gasteiger partial charge in [-0.05, 0) is 31.9 Å². The van der Waals surface area contributed by atoms with E-state index < -0.39 is 0 Å². The van der Waals surface area contributed by atoms with E-state index in [0.717, 1.165) is 26.1 Å². The van der Waals surface area contributed by atoms with E-state index in [1.807, 2.05) is 16.9 Å². The molecule has 1 aromatic heterocycles. The fourth-order valence-electron chi connectivity index (χ4n) is 3.13. The standard InChI is InChI=1S/C13H20N4O/c18-13-10-11(12-4-1-9-17(12)13)14-5-2-7-16-8-3-6-15-16/h3,6,8,11-12,14H,1-2,4-5,7,9-10H2. The Morgan fingerprint density at radius 1 is 1.50 bits per heavy atom. The summed E-state index contributed by atoms with van der Waals surface area (Å²) in [5.74, 6) is 0.335. The fourth-order valence-corrected chi connectivity index (χ4v) is 3.13. The lowest BCUT2D eigenvalue weighted by Crippen LogP contribution is -2.39. The molecule has 2 unspecified atom stereocenters. The van der Waals surface area contributed by atoms with Gasteiger partial charge in [-0.2, -0.15) is 5.10 Å². The molecule has 0 saturated carbocycles. The Hall–Kier alpha value is -1.36. The zero-order valence-corrected chi connectivity index (χ0v) is 10.6. The average Bonchev–Trinajstić information content (AvgIpc) is 3.05. The van der Waals surface area contributed by atoms with Crippen molar-refractivity contribution >= 4 is 5.91 Å². The highest BCUT2D eigenvalue weighted by Crippen LogP contribution is 2.28. The first-order valence-corrected chi connectivity index (χ1v) is 6.85. The summed E-state index contributed by atoms with van der Waals surface area (Å²) >= 11 is 0. The summed E-state index contributed by atoms with van der Waals surface area (Å²) in [5.41, 5.74) is 0. The van der Waals surface area contributed by atoms with Crippen LogP contribution in [0.4, 0.5) is 0 Å². The van der Waals surface area contributed by atoms with E-state index in [1.165, 1.54) is 12.8 Å². The molecule has 5 heteroatoms. The number of rotatable bonds is 5. The smallest absolute Gasteiger partial charge is 0.224 e. The number of nitrogens with zero attached hydrogens (tertiary/aromatic N) is 3. The molecule has 0 spiro atoms. The lowest BCUT2D eigenvalue weighted by atomic mass is 10.1. The van der Waals surface area contributed by atoms with Crippen molar-refractivity contribution in [1.29, 1.82) is 0 Å². The van der Waals surface area contributed by atoms with Gasteiger partial charge in [-0.1, -0.05) is 0 Å². The molecular weight excluding hydrogens is 228 g/mol. The summed E-state index contributed by atoms with van der Waals surface area (Å²) in [4.78, 5) is 13.8. The normalized spacial score (nSPS) is 26.9. The second-order valence-electron chi connectivity index (χ2n) is 5.18. The summed E-state index contributed by atoms with van der Waals surface area (Å²) in [5, 5.41) is 7.72. The molecule has 2 aliphatic rings. The van der Waals surface area contributed by atoms with Crippen LogP contribution in [0.1, 0.15) is 25.7 Å². The molecule has 1 N–H and O–H groups in total. The van der Waals surface area contributed by atoms with Gasteiger partial charge in [-0.3, -0.25) is 9.48 Å². The minimum absolute atomic E-state index is 0.335. The molecule has 5 nitrogen and oxygen atoms in total. The maximum Gasteiger partial charge on any atom is 0.224 e. The molecule has 0 aliphatic carbocycles. The Morgan fingerprint density at radius 2 is 2.44 bits per heavy atom. The van der Waals surface area contributed by atoms with E-state index in [0.29, 0.717) is 24.4 Å². The number of fused-ring (bicyclic) bond motifs is 1. The monoisotopic (exact) mass is 248 g/mol. The molecule has 1 amide bonds. The van der Waals surface area contributed by atoms with Crippen molar-refractivity contribution in [3.63, 3.8) is 0 Å². The molecule has 1 aromatic rings. The summed E-state index contributed by atoms with van der Waals surface area (Å²) in [7, 11) is 0. The Labute approximate surface area is 107 Å². The van der Waals surface area contributed by atoms with Gasteiger partial charge in [0, 0.05) is 44.0 Å². The first-order valence-electron chi connectivity index (χ1n) is 6.85. The maximum atomic E-state index is 11.8. The Balaban J connectivity index is 1.42. The molecule has 18 heavy (non-hydrogen) atoms. The highest BCUT2D eigenvalue weighted by Gasteiger charge is 2.41. The average molecular weight is 248 g/mol. The van der Waals surface area contributed by atoms with Crippen LogP contribution in [-0.2, 0) is 11.3 Å². The quantitative estimate of drug-likeness (QED) is 0.777. The highest BCUT2D eigenvalue weighted by molar-refractivity contribution is 5.80. The third-order valence-electron chi connectivity index (χ3n) is 4.01. The molecule has 3 heterocycles.